The van der Waals surface area contributed by atoms with Gasteiger partial charge in [0.15, 0.2) is 0 Å². The molecule has 0 spiro atoms. The Morgan fingerprint density at radius 1 is 1.38 bits per heavy atom. The zero-order chi connectivity index (χ0) is 14.8. The number of nitriles is 1. The molecule has 1 aromatic heterocycles. The van der Waals surface area contributed by atoms with Crippen LogP contribution in [0.4, 0.5) is 0 Å². The molecule has 0 aliphatic carbocycles. The Morgan fingerprint density at radius 3 is 3.00 bits per heavy atom. The third kappa shape index (κ3) is 2.41. The van der Waals surface area contributed by atoms with Crippen molar-refractivity contribution in [2.45, 2.75) is 12.5 Å². The number of nitrogens with two attached hydrogens (primary N) is 1. The molecule has 1 aromatic carbocycles. The maximum Gasteiger partial charge on any atom is 0.268 e. The van der Waals surface area contributed by atoms with Crippen molar-refractivity contribution in [2.75, 3.05) is 13.1 Å². The van der Waals surface area contributed by atoms with Gasteiger partial charge in [-0.2, -0.15) is 5.26 Å². The summed E-state index contributed by atoms with van der Waals surface area (Å²) >= 11 is 0. The lowest BCUT2D eigenvalue weighted by Crippen LogP contribution is -2.39. The number of carbonyl (C=O) groups is 1. The van der Waals surface area contributed by atoms with Gasteiger partial charge in [0.2, 0.25) is 0 Å². The number of hydrogen-bond donors (Lipinski definition) is 2. The second-order valence-corrected chi connectivity index (χ2v) is 5.16. The van der Waals surface area contributed by atoms with Crippen LogP contribution < -0.4 is 11.1 Å². The normalized spacial score (nSPS) is 17.0. The van der Waals surface area contributed by atoms with Crippen LogP contribution in [0.15, 0.2) is 36.5 Å². The van der Waals surface area contributed by atoms with E-state index in [1.165, 1.54) is 0 Å². The number of nitrogens with one attached hydrogen (secondary N) is 1. The first-order valence-electron chi connectivity index (χ1n) is 6.93. The number of aromatic nitrogens is 1. The number of fused-ring (bicyclic) bond motifs is 1. The van der Waals surface area contributed by atoms with E-state index in [9.17, 15) is 4.79 Å². The van der Waals surface area contributed by atoms with Crippen molar-refractivity contribution in [3.8, 4) is 17.2 Å². The molecule has 1 amide bonds. The van der Waals surface area contributed by atoms with E-state index in [4.69, 9.17) is 11.0 Å². The lowest BCUT2D eigenvalue weighted by molar-refractivity contribution is 0.0913. The topological polar surface area (TPSA) is 83.8 Å². The van der Waals surface area contributed by atoms with Crippen LogP contribution in [0.25, 0.3) is 11.1 Å². The molecule has 0 radical (unpaired) electrons. The van der Waals surface area contributed by atoms with Crippen molar-refractivity contribution < 1.29 is 4.79 Å². The smallest absolute Gasteiger partial charge is 0.268 e. The highest BCUT2D eigenvalue weighted by atomic mass is 16.2. The van der Waals surface area contributed by atoms with Crippen LogP contribution in [0.1, 0.15) is 28.5 Å². The Kier molecular flexibility index (Phi) is 3.46. The molecular formula is C16H16N4O. The van der Waals surface area contributed by atoms with E-state index in [0.717, 1.165) is 17.5 Å². The van der Waals surface area contributed by atoms with Crippen LogP contribution in [0, 0.1) is 11.3 Å². The molecule has 0 bridgehead atoms. The fourth-order valence-corrected chi connectivity index (χ4v) is 2.72. The molecule has 0 fully saturated rings. The van der Waals surface area contributed by atoms with Gasteiger partial charge < -0.3 is 15.6 Å². The molecule has 5 heteroatoms. The average Bonchev–Trinajstić information content (AvgIpc) is 2.97. The highest BCUT2D eigenvalue weighted by Gasteiger charge is 2.25. The first kappa shape index (κ1) is 13.4. The molecular weight excluding hydrogens is 264 g/mol. The quantitative estimate of drug-likeness (QED) is 0.896. The molecule has 106 valence electrons. The molecule has 1 aliphatic heterocycles. The Balaban J connectivity index is 2.04. The van der Waals surface area contributed by atoms with Crippen molar-refractivity contribution >= 4 is 5.91 Å². The van der Waals surface area contributed by atoms with Crippen molar-refractivity contribution in [3.63, 3.8) is 0 Å². The number of hydrogen-bond acceptors (Lipinski definition) is 3. The van der Waals surface area contributed by atoms with Crippen LogP contribution in [0.5, 0.6) is 0 Å². The SMILES string of the molecule is N#Cc1cccc(-c2cc3n(c2)C(CCN)CNC3=O)c1. The van der Waals surface area contributed by atoms with Crippen molar-refractivity contribution in [1.82, 2.24) is 9.88 Å². The predicted molar refractivity (Wildman–Crippen MR) is 79.6 cm³/mol. The molecule has 1 aliphatic rings. The van der Waals surface area contributed by atoms with E-state index in [1.54, 1.807) is 6.07 Å². The van der Waals surface area contributed by atoms with Crippen molar-refractivity contribution in [2.24, 2.45) is 5.73 Å². The molecule has 1 atom stereocenters. The van der Waals surface area contributed by atoms with Gasteiger partial charge >= 0.3 is 0 Å². The van der Waals surface area contributed by atoms with Gasteiger partial charge in [-0.3, -0.25) is 4.79 Å². The third-order valence-electron chi connectivity index (χ3n) is 3.80. The molecule has 1 unspecified atom stereocenters. The highest BCUT2D eigenvalue weighted by Crippen LogP contribution is 2.28. The first-order valence-corrected chi connectivity index (χ1v) is 6.93. The van der Waals surface area contributed by atoms with Gasteiger partial charge in [-0.25, -0.2) is 0 Å². The maximum absolute atomic E-state index is 12.0. The summed E-state index contributed by atoms with van der Waals surface area (Å²) in [5, 5.41) is 11.9. The Labute approximate surface area is 123 Å². The monoisotopic (exact) mass is 280 g/mol. The number of carbonyl (C=O) groups excluding carboxylic acids is 1. The summed E-state index contributed by atoms with van der Waals surface area (Å²) in [5.41, 5.74) is 8.79. The number of amides is 1. The van der Waals surface area contributed by atoms with Crippen molar-refractivity contribution in [3.05, 3.63) is 47.8 Å². The largest absolute Gasteiger partial charge is 0.349 e. The van der Waals surface area contributed by atoms with Gasteiger partial charge in [0, 0.05) is 18.3 Å². The zero-order valence-electron chi connectivity index (χ0n) is 11.5. The Morgan fingerprint density at radius 2 is 2.24 bits per heavy atom. The summed E-state index contributed by atoms with van der Waals surface area (Å²) in [6.45, 7) is 1.19. The minimum atomic E-state index is -0.0639. The van der Waals surface area contributed by atoms with Crippen molar-refractivity contribution in [1.29, 1.82) is 5.26 Å². The molecule has 2 heterocycles. The van der Waals surface area contributed by atoms with E-state index in [2.05, 4.69) is 11.4 Å². The Bertz CT molecular complexity index is 726. The minimum Gasteiger partial charge on any atom is -0.349 e. The van der Waals surface area contributed by atoms with Crippen LogP contribution in [0.2, 0.25) is 0 Å². The van der Waals surface area contributed by atoms with Crippen LogP contribution >= 0.6 is 0 Å². The van der Waals surface area contributed by atoms with Gasteiger partial charge in [0.05, 0.1) is 17.7 Å². The molecule has 21 heavy (non-hydrogen) atoms. The molecule has 3 N–H and O–H groups in total. The van der Waals surface area contributed by atoms with Crippen LogP contribution in [0.3, 0.4) is 0 Å². The van der Waals surface area contributed by atoms with E-state index in [1.807, 2.05) is 35.0 Å². The highest BCUT2D eigenvalue weighted by molar-refractivity contribution is 5.95. The lowest BCUT2D eigenvalue weighted by atomic mass is 10.1. The minimum absolute atomic E-state index is 0.0639. The van der Waals surface area contributed by atoms with Gasteiger partial charge in [0.25, 0.3) is 5.91 Å². The first-order chi connectivity index (χ1) is 10.2. The van der Waals surface area contributed by atoms with Crippen LogP contribution in [-0.2, 0) is 0 Å². The van der Waals surface area contributed by atoms with E-state index >= 15 is 0 Å². The third-order valence-corrected chi connectivity index (χ3v) is 3.80. The maximum atomic E-state index is 12.0. The number of rotatable bonds is 3. The second-order valence-electron chi connectivity index (χ2n) is 5.16. The van der Waals surface area contributed by atoms with Gasteiger partial charge in [0.1, 0.15) is 5.69 Å². The molecule has 3 rings (SSSR count). The van der Waals surface area contributed by atoms with E-state index in [0.29, 0.717) is 24.3 Å². The van der Waals surface area contributed by atoms with E-state index < -0.39 is 0 Å². The van der Waals surface area contributed by atoms with Crippen LogP contribution in [-0.4, -0.2) is 23.6 Å². The van der Waals surface area contributed by atoms with Gasteiger partial charge in [-0.05, 0) is 36.7 Å². The molecule has 2 aromatic rings. The Hall–Kier alpha value is -2.58. The van der Waals surface area contributed by atoms with Gasteiger partial charge in [-0.1, -0.05) is 12.1 Å². The zero-order valence-corrected chi connectivity index (χ0v) is 11.5. The predicted octanol–water partition coefficient (Wildman–Crippen LogP) is 1.66. The fourth-order valence-electron chi connectivity index (χ4n) is 2.72. The standard InChI is InChI=1S/C16H16N4O/c17-5-4-14-9-19-16(21)15-7-13(10-20(14)15)12-3-1-2-11(6-12)8-18/h1-3,6-7,10,14H,4-5,9,17H2,(H,19,21). The number of nitrogens with zero attached hydrogens (tertiary/aromatic N) is 2. The summed E-state index contributed by atoms with van der Waals surface area (Å²) in [7, 11) is 0. The summed E-state index contributed by atoms with van der Waals surface area (Å²) < 4.78 is 2.00. The lowest BCUT2D eigenvalue weighted by Gasteiger charge is -2.25. The molecule has 0 saturated carbocycles. The average molecular weight is 280 g/mol. The molecule has 5 nitrogen and oxygen atoms in total. The number of benzene rings is 1. The molecule has 0 saturated heterocycles. The summed E-state index contributed by atoms with van der Waals surface area (Å²) in [6.07, 6.45) is 2.80. The van der Waals surface area contributed by atoms with Gasteiger partial charge in [-0.15, -0.1) is 0 Å². The van der Waals surface area contributed by atoms with E-state index in [-0.39, 0.29) is 11.9 Å². The summed E-state index contributed by atoms with van der Waals surface area (Å²) in [4.78, 5) is 12.0. The summed E-state index contributed by atoms with van der Waals surface area (Å²) in [6, 6.07) is 11.6. The fraction of sp³-hybridized carbons (Fsp3) is 0.250. The second kappa shape index (κ2) is 5.43. The summed E-state index contributed by atoms with van der Waals surface area (Å²) in [5.74, 6) is -0.0639.